The van der Waals surface area contributed by atoms with E-state index in [-0.39, 0.29) is 0 Å². The molecular formula is C15H26O12. The summed E-state index contributed by atoms with van der Waals surface area (Å²) in [5.74, 6) is -1.01. The van der Waals surface area contributed by atoms with Crippen LogP contribution in [0.25, 0.3) is 0 Å². The van der Waals surface area contributed by atoms with E-state index >= 15 is 0 Å². The molecule has 0 aliphatic carbocycles. The van der Waals surface area contributed by atoms with Crippen molar-refractivity contribution >= 4 is 5.97 Å². The zero-order valence-corrected chi connectivity index (χ0v) is 14.3. The first kappa shape index (κ1) is 23.8. The second kappa shape index (κ2) is 11.0. The second-order valence-electron chi connectivity index (χ2n) is 5.90. The average Bonchev–Trinajstić information content (AvgIpc) is 2.68. The third-order valence-corrected chi connectivity index (χ3v) is 4.02. The van der Waals surface area contributed by atoms with Gasteiger partial charge in [-0.1, -0.05) is 6.58 Å². The number of hydrogen-bond donors (Lipinski definition) is 8. The van der Waals surface area contributed by atoms with Crippen molar-refractivity contribution in [1.29, 1.82) is 0 Å². The molecule has 1 heterocycles. The standard InChI is InChI=1S/C15H26O12/c1-2-9(21)26-14-12(24)11(23)8(5-18)25-15(14)27-13(7(20)4-17)10(22)6(19)3-16/h2,6-8,10-20,22-24H,1,3-5H2/t6-,7+,8+,10+,11-,12-,13+,14+,15-/m0/s1. The highest BCUT2D eigenvalue weighted by Gasteiger charge is 2.49. The molecule has 0 aromatic rings. The maximum atomic E-state index is 11.5. The lowest BCUT2D eigenvalue weighted by atomic mass is 9.98. The van der Waals surface area contributed by atoms with Crippen molar-refractivity contribution in [2.45, 2.75) is 55.1 Å². The first-order valence-electron chi connectivity index (χ1n) is 8.08. The molecule has 0 aromatic heterocycles. The molecule has 158 valence electrons. The number of carbonyl (C=O) groups is 1. The number of rotatable bonds is 10. The molecule has 0 radical (unpaired) electrons. The van der Waals surface area contributed by atoms with Gasteiger partial charge in [-0.2, -0.15) is 0 Å². The Morgan fingerprint density at radius 1 is 1.07 bits per heavy atom. The molecule has 0 saturated carbocycles. The Bertz CT molecular complexity index is 474. The third-order valence-electron chi connectivity index (χ3n) is 4.02. The number of hydrogen-bond acceptors (Lipinski definition) is 12. The molecule has 12 heteroatoms. The molecule has 1 aliphatic rings. The molecule has 0 bridgehead atoms. The van der Waals surface area contributed by atoms with Gasteiger partial charge in [0.25, 0.3) is 0 Å². The summed E-state index contributed by atoms with van der Waals surface area (Å²) in [6, 6.07) is 0. The summed E-state index contributed by atoms with van der Waals surface area (Å²) in [4.78, 5) is 11.5. The maximum absolute atomic E-state index is 11.5. The van der Waals surface area contributed by atoms with Crippen LogP contribution < -0.4 is 0 Å². The zero-order valence-electron chi connectivity index (χ0n) is 14.3. The molecule has 12 nitrogen and oxygen atoms in total. The highest BCUT2D eigenvalue weighted by molar-refractivity contribution is 5.81. The van der Waals surface area contributed by atoms with Gasteiger partial charge in [-0.3, -0.25) is 0 Å². The quantitative estimate of drug-likeness (QED) is 0.129. The Kier molecular flexibility index (Phi) is 9.69. The summed E-state index contributed by atoms with van der Waals surface area (Å²) in [6.45, 7) is 0.601. The van der Waals surface area contributed by atoms with E-state index < -0.39 is 80.9 Å². The Balaban J connectivity index is 3.11. The lowest BCUT2D eigenvalue weighted by molar-refractivity contribution is -0.328. The van der Waals surface area contributed by atoms with E-state index in [1.807, 2.05) is 0 Å². The fourth-order valence-corrected chi connectivity index (χ4v) is 2.46. The van der Waals surface area contributed by atoms with Gasteiger partial charge >= 0.3 is 5.97 Å². The molecule has 0 aromatic carbocycles. The van der Waals surface area contributed by atoms with E-state index in [2.05, 4.69) is 6.58 Å². The summed E-state index contributed by atoms with van der Waals surface area (Å²) < 4.78 is 15.4. The van der Waals surface area contributed by atoms with Crippen LogP contribution in [0.3, 0.4) is 0 Å². The van der Waals surface area contributed by atoms with E-state index in [1.165, 1.54) is 0 Å². The molecule has 0 unspecified atom stereocenters. The van der Waals surface area contributed by atoms with Crippen LogP contribution in [0.2, 0.25) is 0 Å². The summed E-state index contributed by atoms with van der Waals surface area (Å²) in [7, 11) is 0. The molecule has 1 aliphatic heterocycles. The van der Waals surface area contributed by atoms with Gasteiger partial charge < -0.3 is 55.1 Å². The van der Waals surface area contributed by atoms with Crippen LogP contribution in [0.15, 0.2) is 12.7 Å². The van der Waals surface area contributed by atoms with Crippen molar-refractivity contribution in [3.05, 3.63) is 12.7 Å². The number of aliphatic hydroxyl groups is 8. The summed E-state index contributed by atoms with van der Waals surface area (Å²) in [6.07, 6.45) is -14.6. The van der Waals surface area contributed by atoms with E-state index in [1.54, 1.807) is 0 Å². The minimum absolute atomic E-state index is 0.755. The average molecular weight is 398 g/mol. The van der Waals surface area contributed by atoms with Crippen molar-refractivity contribution in [2.24, 2.45) is 0 Å². The molecule has 1 rings (SSSR count). The fourth-order valence-electron chi connectivity index (χ4n) is 2.46. The van der Waals surface area contributed by atoms with Crippen molar-refractivity contribution in [3.63, 3.8) is 0 Å². The Hall–Kier alpha value is -1.19. The van der Waals surface area contributed by atoms with Gasteiger partial charge in [0, 0.05) is 6.08 Å². The molecular weight excluding hydrogens is 372 g/mol. The van der Waals surface area contributed by atoms with Crippen LogP contribution in [0.1, 0.15) is 0 Å². The van der Waals surface area contributed by atoms with Crippen molar-refractivity contribution in [1.82, 2.24) is 0 Å². The predicted octanol–water partition coefficient (Wildman–Crippen LogP) is -5.02. The van der Waals surface area contributed by atoms with E-state index in [0.29, 0.717) is 0 Å². The fraction of sp³-hybridized carbons (Fsp3) is 0.800. The number of ether oxygens (including phenoxy) is 3. The molecule has 1 fully saturated rings. The van der Waals surface area contributed by atoms with Crippen molar-refractivity contribution in [3.8, 4) is 0 Å². The summed E-state index contributed by atoms with van der Waals surface area (Å²) >= 11 is 0. The normalized spacial score (nSPS) is 33.0. The first-order valence-corrected chi connectivity index (χ1v) is 8.08. The maximum Gasteiger partial charge on any atom is 0.330 e. The minimum Gasteiger partial charge on any atom is -0.451 e. The minimum atomic E-state index is -1.91. The van der Waals surface area contributed by atoms with Crippen LogP contribution in [-0.4, -0.2) is 122 Å². The van der Waals surface area contributed by atoms with Crippen molar-refractivity contribution in [2.75, 3.05) is 19.8 Å². The van der Waals surface area contributed by atoms with Gasteiger partial charge in [0.1, 0.15) is 42.7 Å². The van der Waals surface area contributed by atoms with Gasteiger partial charge in [-0.15, -0.1) is 0 Å². The second-order valence-corrected chi connectivity index (χ2v) is 5.90. The van der Waals surface area contributed by atoms with Crippen LogP contribution >= 0.6 is 0 Å². The van der Waals surface area contributed by atoms with E-state index in [0.717, 1.165) is 6.08 Å². The lowest BCUT2D eigenvalue weighted by Crippen LogP contribution is -2.62. The van der Waals surface area contributed by atoms with Crippen LogP contribution in [0, 0.1) is 0 Å². The highest BCUT2D eigenvalue weighted by atomic mass is 16.7. The largest absolute Gasteiger partial charge is 0.451 e. The summed E-state index contributed by atoms with van der Waals surface area (Å²) in [5, 5.41) is 76.8. The van der Waals surface area contributed by atoms with Gasteiger partial charge in [0.2, 0.25) is 0 Å². The van der Waals surface area contributed by atoms with Crippen LogP contribution in [0.5, 0.6) is 0 Å². The topological polar surface area (TPSA) is 207 Å². The Morgan fingerprint density at radius 2 is 1.67 bits per heavy atom. The van der Waals surface area contributed by atoms with Gasteiger partial charge in [-0.25, -0.2) is 4.79 Å². The molecule has 0 spiro atoms. The first-order chi connectivity index (χ1) is 12.7. The number of esters is 1. The van der Waals surface area contributed by atoms with Gasteiger partial charge in [-0.05, 0) is 0 Å². The SMILES string of the molecule is C=CC(=O)O[C@H]1[C@H](O[C@@H]([C@H](O)[C@@H](O)CO)[C@H](O)CO)O[C@H](CO)[C@H](O)[C@@H]1O. The smallest absolute Gasteiger partial charge is 0.330 e. The Labute approximate surface area is 154 Å². The van der Waals surface area contributed by atoms with Crippen molar-refractivity contribution < 1.29 is 59.9 Å². The number of aliphatic hydroxyl groups excluding tert-OH is 8. The molecule has 9 atom stereocenters. The van der Waals surface area contributed by atoms with E-state index in [9.17, 15) is 35.4 Å². The molecule has 0 amide bonds. The predicted molar refractivity (Wildman–Crippen MR) is 84.9 cm³/mol. The molecule has 1 saturated heterocycles. The van der Waals surface area contributed by atoms with E-state index in [4.69, 9.17) is 24.4 Å². The molecule has 27 heavy (non-hydrogen) atoms. The van der Waals surface area contributed by atoms with Gasteiger partial charge in [0.05, 0.1) is 19.8 Å². The Morgan fingerprint density at radius 3 is 2.15 bits per heavy atom. The van der Waals surface area contributed by atoms with Gasteiger partial charge in [0.15, 0.2) is 12.4 Å². The number of carbonyl (C=O) groups excluding carboxylic acids is 1. The van der Waals surface area contributed by atoms with Crippen LogP contribution in [0.4, 0.5) is 0 Å². The van der Waals surface area contributed by atoms with Crippen LogP contribution in [-0.2, 0) is 19.0 Å². The molecule has 8 N–H and O–H groups in total. The third kappa shape index (κ3) is 5.89. The monoisotopic (exact) mass is 398 g/mol. The lowest BCUT2D eigenvalue weighted by Gasteiger charge is -2.43. The summed E-state index contributed by atoms with van der Waals surface area (Å²) in [5.41, 5.74) is 0. The highest BCUT2D eigenvalue weighted by Crippen LogP contribution is 2.27. The zero-order chi connectivity index (χ0) is 20.7.